The van der Waals surface area contributed by atoms with Crippen LogP contribution < -0.4 is 0 Å². The number of hydrogen-bond donors (Lipinski definition) is 0. The van der Waals surface area contributed by atoms with Gasteiger partial charge < -0.3 is 9.57 Å². The molecule has 1 heterocycles. The third-order valence-electron chi connectivity index (χ3n) is 4.84. The molecule has 0 aromatic rings. The summed E-state index contributed by atoms with van der Waals surface area (Å²) in [5.74, 6) is -0.0930. The van der Waals surface area contributed by atoms with E-state index in [0.717, 1.165) is 12.8 Å². The Balaban J connectivity index is 1.78. The zero-order valence-corrected chi connectivity index (χ0v) is 17.1. The minimum absolute atomic E-state index is 0.0930. The lowest BCUT2D eigenvalue weighted by Gasteiger charge is -2.24. The summed E-state index contributed by atoms with van der Waals surface area (Å²) in [5.41, 5.74) is 0. The highest BCUT2D eigenvalue weighted by molar-refractivity contribution is 5.68. The fourth-order valence-corrected chi connectivity index (χ4v) is 3.17. The third-order valence-corrected chi connectivity index (χ3v) is 4.84. The van der Waals surface area contributed by atoms with Crippen molar-refractivity contribution in [2.24, 2.45) is 0 Å². The maximum Gasteiger partial charge on any atom is 0.325 e. The van der Waals surface area contributed by atoms with E-state index in [2.05, 4.69) is 19.1 Å². The second kappa shape index (κ2) is 17.5. The van der Waals surface area contributed by atoms with Crippen LogP contribution in [0.5, 0.6) is 0 Å². The number of allylic oxidation sites excluding steroid dienone is 2. The molecule has 0 amide bonds. The van der Waals surface area contributed by atoms with Gasteiger partial charge in [-0.2, -0.15) is 0 Å². The van der Waals surface area contributed by atoms with Crippen molar-refractivity contribution in [1.82, 2.24) is 5.06 Å². The topological polar surface area (TPSA) is 38.8 Å². The predicted molar refractivity (Wildman–Crippen MR) is 108 cm³/mol. The average molecular weight is 368 g/mol. The summed E-state index contributed by atoms with van der Waals surface area (Å²) in [6, 6.07) is 0. The van der Waals surface area contributed by atoms with Gasteiger partial charge in [-0.1, -0.05) is 70.4 Å². The molecule has 152 valence electrons. The summed E-state index contributed by atoms with van der Waals surface area (Å²) in [7, 11) is 0. The van der Waals surface area contributed by atoms with Gasteiger partial charge in [-0.15, -0.1) is 5.06 Å². The minimum Gasteiger partial charge on any atom is -0.379 e. The lowest BCUT2D eigenvalue weighted by Crippen LogP contribution is -2.37. The van der Waals surface area contributed by atoms with Crippen molar-refractivity contribution in [1.29, 1.82) is 0 Å². The largest absolute Gasteiger partial charge is 0.379 e. The van der Waals surface area contributed by atoms with Gasteiger partial charge in [0, 0.05) is 6.42 Å². The highest BCUT2D eigenvalue weighted by Crippen LogP contribution is 2.10. The number of ether oxygens (including phenoxy) is 1. The molecule has 0 saturated carbocycles. The van der Waals surface area contributed by atoms with Crippen LogP contribution in [0.25, 0.3) is 0 Å². The first-order valence-corrected chi connectivity index (χ1v) is 11.0. The summed E-state index contributed by atoms with van der Waals surface area (Å²) >= 11 is 0. The SMILES string of the molecule is CCCCCCCCC=CCCCCCCCC(=O)ON1CCOCC1. The molecule has 0 N–H and O–H groups in total. The van der Waals surface area contributed by atoms with E-state index >= 15 is 0 Å². The Morgan fingerprint density at radius 2 is 1.38 bits per heavy atom. The molecule has 4 nitrogen and oxygen atoms in total. The molecule has 0 aromatic carbocycles. The summed E-state index contributed by atoms with van der Waals surface area (Å²) < 4.78 is 5.23. The maximum atomic E-state index is 11.7. The van der Waals surface area contributed by atoms with Gasteiger partial charge in [0.05, 0.1) is 26.3 Å². The van der Waals surface area contributed by atoms with Gasteiger partial charge >= 0.3 is 5.97 Å². The zero-order valence-electron chi connectivity index (χ0n) is 17.1. The first kappa shape index (κ1) is 23.2. The van der Waals surface area contributed by atoms with Crippen LogP contribution in [0.15, 0.2) is 12.2 Å². The number of unbranched alkanes of at least 4 members (excludes halogenated alkanes) is 11. The Morgan fingerprint density at radius 1 is 0.846 bits per heavy atom. The van der Waals surface area contributed by atoms with Gasteiger partial charge in [0.2, 0.25) is 0 Å². The third kappa shape index (κ3) is 14.3. The monoisotopic (exact) mass is 367 g/mol. The maximum absolute atomic E-state index is 11.7. The van der Waals surface area contributed by atoms with Crippen molar-refractivity contribution in [3.63, 3.8) is 0 Å². The number of rotatable bonds is 16. The van der Waals surface area contributed by atoms with E-state index in [1.165, 1.54) is 70.6 Å². The number of hydrogen-bond acceptors (Lipinski definition) is 4. The first-order chi connectivity index (χ1) is 12.8. The average Bonchev–Trinajstić information content (AvgIpc) is 2.65. The summed E-state index contributed by atoms with van der Waals surface area (Å²) in [6.45, 7) is 4.96. The quantitative estimate of drug-likeness (QED) is 0.255. The van der Waals surface area contributed by atoms with Crippen LogP contribution in [0.2, 0.25) is 0 Å². The lowest BCUT2D eigenvalue weighted by molar-refractivity contribution is -0.205. The van der Waals surface area contributed by atoms with Crippen LogP contribution in [0.4, 0.5) is 0 Å². The molecular formula is C22H41NO3. The van der Waals surface area contributed by atoms with Gasteiger partial charge in [-0.3, -0.25) is 4.79 Å². The van der Waals surface area contributed by atoms with E-state index < -0.39 is 0 Å². The Morgan fingerprint density at radius 3 is 2.00 bits per heavy atom. The van der Waals surface area contributed by atoms with E-state index in [1.807, 2.05) is 0 Å². The van der Waals surface area contributed by atoms with E-state index in [4.69, 9.17) is 9.57 Å². The molecule has 0 atom stereocenters. The minimum atomic E-state index is -0.0930. The molecule has 4 heteroatoms. The van der Waals surface area contributed by atoms with Gasteiger partial charge in [-0.05, 0) is 32.1 Å². The molecule has 0 spiro atoms. The molecule has 0 aliphatic carbocycles. The molecule has 1 rings (SSSR count). The summed E-state index contributed by atoms with van der Waals surface area (Å²) in [5, 5.41) is 1.73. The number of morpholine rings is 1. The predicted octanol–water partition coefficient (Wildman–Crippen LogP) is 5.81. The van der Waals surface area contributed by atoms with Crippen molar-refractivity contribution >= 4 is 5.97 Å². The Hall–Kier alpha value is -0.870. The highest BCUT2D eigenvalue weighted by atomic mass is 16.7. The second-order valence-corrected chi connectivity index (χ2v) is 7.34. The van der Waals surface area contributed by atoms with Crippen LogP contribution in [-0.4, -0.2) is 37.3 Å². The van der Waals surface area contributed by atoms with Crippen molar-refractivity contribution < 1.29 is 14.4 Å². The molecule has 1 aliphatic rings. The standard InChI is InChI=1S/C22H41NO3/c1-2-3-4-5-6-7-8-9-10-11-12-13-14-15-16-17-22(24)26-23-18-20-25-21-19-23/h9-10H,2-8,11-21H2,1H3. The Kier molecular flexibility index (Phi) is 15.6. The van der Waals surface area contributed by atoms with Crippen LogP contribution in [0.1, 0.15) is 96.8 Å². The van der Waals surface area contributed by atoms with E-state index in [9.17, 15) is 4.79 Å². The van der Waals surface area contributed by atoms with E-state index in [-0.39, 0.29) is 5.97 Å². The molecule has 26 heavy (non-hydrogen) atoms. The molecule has 0 radical (unpaired) electrons. The van der Waals surface area contributed by atoms with Crippen molar-refractivity contribution in [3.05, 3.63) is 12.2 Å². The van der Waals surface area contributed by atoms with Crippen LogP contribution in [0, 0.1) is 0 Å². The molecule has 1 aliphatic heterocycles. The van der Waals surface area contributed by atoms with E-state index in [0.29, 0.717) is 32.7 Å². The van der Waals surface area contributed by atoms with Crippen molar-refractivity contribution in [3.8, 4) is 0 Å². The molecule has 0 unspecified atom stereocenters. The second-order valence-electron chi connectivity index (χ2n) is 7.34. The molecule has 0 aromatic heterocycles. The fourth-order valence-electron chi connectivity index (χ4n) is 3.17. The first-order valence-electron chi connectivity index (χ1n) is 11.0. The van der Waals surface area contributed by atoms with Crippen LogP contribution in [0.3, 0.4) is 0 Å². The van der Waals surface area contributed by atoms with Gasteiger partial charge in [0.1, 0.15) is 0 Å². The summed E-state index contributed by atoms with van der Waals surface area (Å²) in [4.78, 5) is 17.0. The highest BCUT2D eigenvalue weighted by Gasteiger charge is 2.14. The van der Waals surface area contributed by atoms with Crippen LogP contribution in [-0.2, 0) is 14.4 Å². The number of nitrogens with zero attached hydrogens (tertiary/aromatic N) is 1. The molecule has 0 bridgehead atoms. The van der Waals surface area contributed by atoms with Gasteiger partial charge in [0.15, 0.2) is 0 Å². The van der Waals surface area contributed by atoms with Crippen molar-refractivity contribution in [2.45, 2.75) is 96.8 Å². The Bertz CT molecular complexity index is 351. The van der Waals surface area contributed by atoms with E-state index in [1.54, 1.807) is 5.06 Å². The lowest BCUT2D eigenvalue weighted by atomic mass is 10.1. The number of hydroxylamine groups is 2. The number of carbonyl (C=O) groups is 1. The normalized spacial score (nSPS) is 15.6. The summed E-state index contributed by atoms with van der Waals surface area (Å²) in [6.07, 6.45) is 21.8. The molecule has 1 fully saturated rings. The fraction of sp³-hybridized carbons (Fsp3) is 0.864. The van der Waals surface area contributed by atoms with Crippen LogP contribution >= 0.6 is 0 Å². The number of carbonyl (C=O) groups excluding carboxylic acids is 1. The van der Waals surface area contributed by atoms with Gasteiger partial charge in [-0.25, -0.2) is 0 Å². The zero-order chi connectivity index (χ0) is 18.7. The molecular weight excluding hydrogens is 326 g/mol. The Labute approximate surface area is 161 Å². The van der Waals surface area contributed by atoms with Crippen molar-refractivity contribution in [2.75, 3.05) is 26.3 Å². The van der Waals surface area contributed by atoms with Gasteiger partial charge in [0.25, 0.3) is 0 Å². The smallest absolute Gasteiger partial charge is 0.325 e. The molecule has 1 saturated heterocycles.